The van der Waals surface area contributed by atoms with Crippen LogP contribution in [0.4, 0.5) is 10.1 Å². The van der Waals surface area contributed by atoms with E-state index in [0.29, 0.717) is 59.2 Å². The molecule has 0 aliphatic heterocycles. The number of benzene rings is 2. The Balaban J connectivity index is 1.66. The average Bonchev–Trinajstić information content (AvgIpc) is 2.82. The van der Waals surface area contributed by atoms with Crippen LogP contribution in [-0.2, 0) is 9.59 Å². The Morgan fingerprint density at radius 3 is 2.66 bits per heavy atom. The minimum Gasteiger partial charge on any atom is -0.493 e. The number of amides is 1. The number of thioether (sulfide) groups is 1. The first-order chi connectivity index (χ1) is 16.9. The summed E-state index contributed by atoms with van der Waals surface area (Å²) >= 11 is 1.38. The number of hydrogen-bond donors (Lipinski definition) is 1. The summed E-state index contributed by atoms with van der Waals surface area (Å²) in [6, 6.07) is 9.30. The standard InChI is InChI=1S/C26H29FN2O5S/c1-17(2)12-26(31)35-11-5-4-10-33-25-15-21-19(14-24(25)32-3)22(8-9-28-21)34-23-7-6-18(29-16-30)13-20(23)27/h6-9,13-17H,4-5,10-12H2,1-3H3,(H,29,30). The number of carbonyl (C=O) groups is 2. The first-order valence-electron chi connectivity index (χ1n) is 11.3. The van der Waals surface area contributed by atoms with E-state index in [1.807, 2.05) is 13.8 Å². The first kappa shape index (κ1) is 26.3. The summed E-state index contributed by atoms with van der Waals surface area (Å²) in [7, 11) is 1.54. The number of carbonyl (C=O) groups excluding carboxylic acids is 2. The van der Waals surface area contributed by atoms with Gasteiger partial charge in [-0.25, -0.2) is 4.39 Å². The molecule has 0 fully saturated rings. The molecule has 7 nitrogen and oxygen atoms in total. The largest absolute Gasteiger partial charge is 0.493 e. The highest BCUT2D eigenvalue weighted by Crippen LogP contribution is 2.37. The minimum atomic E-state index is -0.613. The van der Waals surface area contributed by atoms with Crippen molar-refractivity contribution >= 4 is 39.9 Å². The smallest absolute Gasteiger partial charge is 0.211 e. The predicted molar refractivity (Wildman–Crippen MR) is 136 cm³/mol. The van der Waals surface area contributed by atoms with Gasteiger partial charge >= 0.3 is 0 Å². The molecule has 0 saturated heterocycles. The fourth-order valence-corrected chi connectivity index (χ4v) is 4.34. The molecule has 0 bridgehead atoms. The number of rotatable bonds is 13. The van der Waals surface area contributed by atoms with Gasteiger partial charge in [-0.2, -0.15) is 0 Å². The van der Waals surface area contributed by atoms with Crippen molar-refractivity contribution in [1.29, 1.82) is 0 Å². The van der Waals surface area contributed by atoms with E-state index in [1.165, 1.54) is 23.9 Å². The number of nitrogens with zero attached hydrogens (tertiary/aromatic N) is 1. The van der Waals surface area contributed by atoms with Crippen molar-refractivity contribution in [3.63, 3.8) is 0 Å². The van der Waals surface area contributed by atoms with Gasteiger partial charge in [0.2, 0.25) is 6.41 Å². The van der Waals surface area contributed by atoms with Crippen molar-refractivity contribution in [2.24, 2.45) is 5.92 Å². The molecule has 0 unspecified atom stereocenters. The maximum atomic E-state index is 14.4. The molecule has 0 atom stereocenters. The number of methoxy groups -OCH3 is 1. The lowest BCUT2D eigenvalue weighted by Crippen LogP contribution is -2.02. The van der Waals surface area contributed by atoms with E-state index in [0.717, 1.165) is 18.6 Å². The highest BCUT2D eigenvalue weighted by Gasteiger charge is 2.14. The van der Waals surface area contributed by atoms with Crippen molar-refractivity contribution in [1.82, 2.24) is 4.98 Å². The Labute approximate surface area is 208 Å². The second-order valence-electron chi connectivity index (χ2n) is 8.21. The molecule has 1 amide bonds. The summed E-state index contributed by atoms with van der Waals surface area (Å²) in [5.74, 6) is 2.00. The van der Waals surface area contributed by atoms with Gasteiger partial charge in [-0.05, 0) is 43.0 Å². The fraction of sp³-hybridized carbons (Fsp3) is 0.346. The Bertz CT molecular complexity index is 1170. The second kappa shape index (κ2) is 12.9. The summed E-state index contributed by atoms with van der Waals surface area (Å²) in [6.45, 7) is 4.55. The van der Waals surface area contributed by atoms with Gasteiger partial charge in [0.1, 0.15) is 5.75 Å². The van der Waals surface area contributed by atoms with Crippen molar-refractivity contribution in [2.45, 2.75) is 33.1 Å². The van der Waals surface area contributed by atoms with Crippen LogP contribution in [0.15, 0.2) is 42.6 Å². The molecule has 1 heterocycles. The van der Waals surface area contributed by atoms with E-state index in [-0.39, 0.29) is 10.9 Å². The van der Waals surface area contributed by atoms with Crippen LogP contribution < -0.4 is 19.5 Å². The Kier molecular flexibility index (Phi) is 9.72. The van der Waals surface area contributed by atoms with Gasteiger partial charge in [0, 0.05) is 41.6 Å². The highest BCUT2D eigenvalue weighted by molar-refractivity contribution is 8.13. The molecule has 0 aliphatic rings. The number of halogens is 1. The molecular formula is C26H29FN2O5S. The molecule has 1 aromatic heterocycles. The summed E-state index contributed by atoms with van der Waals surface area (Å²) in [4.78, 5) is 26.7. The number of aromatic nitrogens is 1. The number of anilines is 1. The van der Waals surface area contributed by atoms with Crippen LogP contribution in [0.2, 0.25) is 0 Å². The molecule has 3 aromatic rings. The van der Waals surface area contributed by atoms with E-state index >= 15 is 0 Å². The molecule has 9 heteroatoms. The first-order valence-corrected chi connectivity index (χ1v) is 12.3. The van der Waals surface area contributed by atoms with Crippen LogP contribution >= 0.6 is 11.8 Å². The maximum absolute atomic E-state index is 14.4. The maximum Gasteiger partial charge on any atom is 0.211 e. The molecule has 2 aromatic carbocycles. The molecule has 0 aliphatic carbocycles. The molecule has 0 spiro atoms. The quantitative estimate of drug-likeness (QED) is 0.221. The normalized spacial score (nSPS) is 10.9. The van der Waals surface area contributed by atoms with E-state index < -0.39 is 5.82 Å². The lowest BCUT2D eigenvalue weighted by atomic mass is 10.1. The van der Waals surface area contributed by atoms with Gasteiger partial charge in [0.05, 0.1) is 19.2 Å². The lowest BCUT2D eigenvalue weighted by Gasteiger charge is -2.14. The fourth-order valence-electron chi connectivity index (χ4n) is 3.31. The third kappa shape index (κ3) is 7.58. The van der Waals surface area contributed by atoms with Gasteiger partial charge in [-0.15, -0.1) is 0 Å². The van der Waals surface area contributed by atoms with Crippen molar-refractivity contribution in [3.8, 4) is 23.0 Å². The van der Waals surface area contributed by atoms with Crippen LogP contribution in [0.3, 0.4) is 0 Å². The minimum absolute atomic E-state index is 0.0120. The summed E-state index contributed by atoms with van der Waals surface area (Å²) in [6.07, 6.45) is 4.32. The second-order valence-corrected chi connectivity index (χ2v) is 9.37. The van der Waals surface area contributed by atoms with Crippen molar-refractivity contribution < 1.29 is 28.2 Å². The molecule has 1 N–H and O–H groups in total. The van der Waals surface area contributed by atoms with Gasteiger partial charge < -0.3 is 19.5 Å². The zero-order valence-electron chi connectivity index (χ0n) is 20.0. The third-order valence-electron chi connectivity index (χ3n) is 5.00. The number of unbranched alkanes of at least 4 members (excludes halogenated alkanes) is 1. The van der Waals surface area contributed by atoms with Gasteiger partial charge in [-0.3, -0.25) is 14.6 Å². The third-order valence-corrected chi connectivity index (χ3v) is 5.98. The molecule has 0 saturated carbocycles. The molecular weight excluding hydrogens is 471 g/mol. The van der Waals surface area contributed by atoms with Crippen LogP contribution in [0.5, 0.6) is 23.0 Å². The van der Waals surface area contributed by atoms with Crippen LogP contribution in [0.1, 0.15) is 33.1 Å². The van der Waals surface area contributed by atoms with Crippen LogP contribution in [0, 0.1) is 11.7 Å². The van der Waals surface area contributed by atoms with Crippen molar-refractivity contribution in [3.05, 3.63) is 48.4 Å². The highest BCUT2D eigenvalue weighted by atomic mass is 32.2. The zero-order valence-corrected chi connectivity index (χ0v) is 20.8. The van der Waals surface area contributed by atoms with Gasteiger partial charge in [-0.1, -0.05) is 25.6 Å². The van der Waals surface area contributed by atoms with Gasteiger partial charge in [0.15, 0.2) is 28.2 Å². The van der Waals surface area contributed by atoms with E-state index in [2.05, 4.69) is 10.3 Å². The summed E-state index contributed by atoms with van der Waals surface area (Å²) in [5, 5.41) is 3.26. The topological polar surface area (TPSA) is 86.8 Å². The molecule has 3 rings (SSSR count). The summed E-state index contributed by atoms with van der Waals surface area (Å²) in [5.41, 5.74) is 0.932. The lowest BCUT2D eigenvalue weighted by molar-refractivity contribution is -0.111. The van der Waals surface area contributed by atoms with E-state index in [1.54, 1.807) is 37.6 Å². The molecule has 186 valence electrons. The Hall–Kier alpha value is -3.33. The van der Waals surface area contributed by atoms with Crippen molar-refractivity contribution in [2.75, 3.05) is 24.8 Å². The number of pyridine rings is 1. The van der Waals surface area contributed by atoms with E-state index in [4.69, 9.17) is 14.2 Å². The Morgan fingerprint density at radius 2 is 1.94 bits per heavy atom. The summed E-state index contributed by atoms with van der Waals surface area (Å²) < 4.78 is 31.7. The van der Waals surface area contributed by atoms with Crippen LogP contribution in [-0.4, -0.2) is 36.0 Å². The number of nitrogens with one attached hydrogen (secondary N) is 1. The average molecular weight is 501 g/mol. The van der Waals surface area contributed by atoms with E-state index in [9.17, 15) is 14.0 Å². The number of ether oxygens (including phenoxy) is 3. The predicted octanol–water partition coefficient (Wildman–Crippen LogP) is 6.21. The number of hydrogen-bond acceptors (Lipinski definition) is 7. The SMILES string of the molecule is COc1cc2c(Oc3ccc(NC=O)cc3F)ccnc2cc1OCCCCSC(=O)CC(C)C. The monoisotopic (exact) mass is 500 g/mol. The van der Waals surface area contributed by atoms with Gasteiger partial charge in [0.25, 0.3) is 0 Å². The van der Waals surface area contributed by atoms with Crippen LogP contribution in [0.25, 0.3) is 10.9 Å². The number of fused-ring (bicyclic) bond motifs is 1. The molecule has 35 heavy (non-hydrogen) atoms. The Morgan fingerprint density at radius 1 is 1.11 bits per heavy atom. The zero-order chi connectivity index (χ0) is 25.2. The molecule has 0 radical (unpaired) electrons.